The van der Waals surface area contributed by atoms with Crippen molar-refractivity contribution in [3.8, 4) is 0 Å². The van der Waals surface area contributed by atoms with E-state index in [4.69, 9.17) is 5.73 Å². The number of nitrogens with two attached hydrogens (primary N) is 1. The lowest BCUT2D eigenvalue weighted by atomic mass is 9.99. The lowest BCUT2D eigenvalue weighted by Gasteiger charge is -2.28. The number of aryl methyl sites for hydroxylation is 1. The highest BCUT2D eigenvalue weighted by Crippen LogP contribution is 2.22. The summed E-state index contributed by atoms with van der Waals surface area (Å²) < 4.78 is 0. The molecule has 4 heteroatoms. The van der Waals surface area contributed by atoms with Crippen LogP contribution in [-0.2, 0) is 19.5 Å². The minimum atomic E-state index is 0.861. The van der Waals surface area contributed by atoms with E-state index >= 15 is 0 Å². The molecule has 0 aliphatic carbocycles. The van der Waals surface area contributed by atoms with Crippen molar-refractivity contribution in [2.24, 2.45) is 0 Å². The van der Waals surface area contributed by atoms with E-state index in [-0.39, 0.29) is 0 Å². The van der Waals surface area contributed by atoms with Crippen molar-refractivity contribution in [3.63, 3.8) is 0 Å². The van der Waals surface area contributed by atoms with E-state index in [0.29, 0.717) is 0 Å². The van der Waals surface area contributed by atoms with E-state index in [2.05, 4.69) is 34.3 Å². The molecule has 0 spiro atoms. The van der Waals surface area contributed by atoms with Crippen LogP contribution in [0.4, 0.5) is 5.69 Å². The van der Waals surface area contributed by atoms with Crippen LogP contribution in [0, 0.1) is 6.92 Å². The van der Waals surface area contributed by atoms with E-state index in [1.807, 2.05) is 6.07 Å². The number of aromatic nitrogens is 1. The van der Waals surface area contributed by atoms with Gasteiger partial charge in [0.05, 0.1) is 10.7 Å². The maximum absolute atomic E-state index is 5.85. The summed E-state index contributed by atoms with van der Waals surface area (Å²) in [6, 6.07) is 6.26. The van der Waals surface area contributed by atoms with Gasteiger partial charge in [-0.25, -0.2) is 4.98 Å². The van der Waals surface area contributed by atoms with Gasteiger partial charge < -0.3 is 5.73 Å². The molecule has 0 bridgehead atoms. The summed E-state index contributed by atoms with van der Waals surface area (Å²) in [5.74, 6) is 0. The largest absolute Gasteiger partial charge is 0.399 e. The van der Waals surface area contributed by atoms with Gasteiger partial charge in [-0.2, -0.15) is 0 Å². The predicted molar refractivity (Wildman–Crippen MR) is 75.5 cm³/mol. The molecule has 1 aromatic carbocycles. The molecule has 1 aliphatic rings. The van der Waals surface area contributed by atoms with Gasteiger partial charge >= 0.3 is 0 Å². The van der Waals surface area contributed by atoms with Crippen LogP contribution in [0.2, 0.25) is 0 Å². The molecule has 0 unspecified atom stereocenters. The number of nitrogens with zero attached hydrogens (tertiary/aromatic N) is 2. The van der Waals surface area contributed by atoms with Gasteiger partial charge in [0.1, 0.15) is 0 Å². The third kappa shape index (κ3) is 2.40. The SMILES string of the molecule is Cc1nc(CN2CCc3ccc(N)cc3C2)cs1. The summed E-state index contributed by atoms with van der Waals surface area (Å²) in [7, 11) is 0. The third-order valence-electron chi connectivity index (χ3n) is 3.37. The molecule has 0 saturated carbocycles. The summed E-state index contributed by atoms with van der Waals surface area (Å²) in [6.07, 6.45) is 1.11. The molecule has 2 aromatic rings. The molecule has 0 amide bonds. The van der Waals surface area contributed by atoms with Crippen LogP contribution < -0.4 is 5.73 Å². The van der Waals surface area contributed by atoms with Crippen molar-refractivity contribution in [2.75, 3.05) is 12.3 Å². The fourth-order valence-electron chi connectivity index (χ4n) is 2.48. The van der Waals surface area contributed by atoms with Crippen LogP contribution in [0.3, 0.4) is 0 Å². The van der Waals surface area contributed by atoms with Crippen molar-refractivity contribution in [1.29, 1.82) is 0 Å². The van der Waals surface area contributed by atoms with Gasteiger partial charge in [0.15, 0.2) is 0 Å². The molecule has 2 heterocycles. The number of rotatable bonds is 2. The molecule has 3 rings (SSSR count). The second-order valence-corrected chi connectivity index (χ2v) is 5.91. The molecule has 1 aromatic heterocycles. The standard InChI is InChI=1S/C14H17N3S/c1-10-16-14(9-18-10)8-17-5-4-11-2-3-13(15)6-12(11)7-17/h2-3,6,9H,4-5,7-8,15H2,1H3. The monoisotopic (exact) mass is 259 g/mol. The number of hydrogen-bond donors (Lipinski definition) is 1. The van der Waals surface area contributed by atoms with Crippen LogP contribution in [0.25, 0.3) is 0 Å². The highest BCUT2D eigenvalue weighted by Gasteiger charge is 2.17. The summed E-state index contributed by atoms with van der Waals surface area (Å²) in [5, 5.41) is 3.30. The maximum Gasteiger partial charge on any atom is 0.0897 e. The number of fused-ring (bicyclic) bond motifs is 1. The lowest BCUT2D eigenvalue weighted by Crippen LogP contribution is -2.30. The Morgan fingerprint density at radius 1 is 1.39 bits per heavy atom. The molecular weight excluding hydrogens is 242 g/mol. The molecular formula is C14H17N3S. The van der Waals surface area contributed by atoms with Crippen molar-refractivity contribution in [3.05, 3.63) is 45.4 Å². The zero-order valence-corrected chi connectivity index (χ0v) is 11.3. The molecule has 2 N–H and O–H groups in total. The summed E-state index contributed by atoms with van der Waals surface area (Å²) >= 11 is 1.72. The Hall–Kier alpha value is -1.39. The summed E-state index contributed by atoms with van der Waals surface area (Å²) in [4.78, 5) is 6.97. The van der Waals surface area contributed by atoms with Gasteiger partial charge in [0.25, 0.3) is 0 Å². The first kappa shape index (κ1) is 11.7. The van der Waals surface area contributed by atoms with Crippen LogP contribution in [0.5, 0.6) is 0 Å². The Kier molecular flexibility index (Phi) is 3.06. The molecule has 18 heavy (non-hydrogen) atoms. The number of hydrogen-bond acceptors (Lipinski definition) is 4. The topological polar surface area (TPSA) is 42.2 Å². The van der Waals surface area contributed by atoms with Crippen molar-refractivity contribution in [2.45, 2.75) is 26.4 Å². The van der Waals surface area contributed by atoms with Crippen molar-refractivity contribution in [1.82, 2.24) is 9.88 Å². The van der Waals surface area contributed by atoms with E-state index in [1.165, 1.54) is 16.8 Å². The van der Waals surface area contributed by atoms with Crippen LogP contribution in [-0.4, -0.2) is 16.4 Å². The van der Waals surface area contributed by atoms with Gasteiger partial charge in [0.2, 0.25) is 0 Å². The minimum absolute atomic E-state index is 0.861. The molecule has 0 atom stereocenters. The quantitative estimate of drug-likeness (QED) is 0.843. The first-order valence-corrected chi connectivity index (χ1v) is 7.09. The normalized spacial score (nSPS) is 15.6. The molecule has 0 radical (unpaired) electrons. The molecule has 1 aliphatic heterocycles. The Balaban J connectivity index is 1.74. The first-order valence-electron chi connectivity index (χ1n) is 6.21. The third-order valence-corrected chi connectivity index (χ3v) is 4.20. The zero-order chi connectivity index (χ0) is 12.5. The van der Waals surface area contributed by atoms with E-state index < -0.39 is 0 Å². The van der Waals surface area contributed by atoms with E-state index in [0.717, 1.165) is 36.8 Å². The van der Waals surface area contributed by atoms with Gasteiger partial charge in [0, 0.05) is 30.7 Å². The van der Waals surface area contributed by atoms with E-state index in [9.17, 15) is 0 Å². The lowest BCUT2D eigenvalue weighted by molar-refractivity contribution is 0.243. The Labute approximate surface area is 111 Å². The predicted octanol–water partition coefficient (Wildman–Crippen LogP) is 2.59. The Morgan fingerprint density at radius 3 is 3.06 bits per heavy atom. The number of nitrogen functional groups attached to an aromatic ring is 1. The second kappa shape index (κ2) is 4.71. The smallest absolute Gasteiger partial charge is 0.0897 e. The Morgan fingerprint density at radius 2 is 2.28 bits per heavy atom. The average molecular weight is 259 g/mol. The van der Waals surface area contributed by atoms with Gasteiger partial charge in [-0.15, -0.1) is 11.3 Å². The van der Waals surface area contributed by atoms with Gasteiger partial charge in [-0.1, -0.05) is 6.07 Å². The highest BCUT2D eigenvalue weighted by atomic mass is 32.1. The Bertz CT molecular complexity index is 562. The summed E-state index contributed by atoms with van der Waals surface area (Å²) in [6.45, 7) is 5.09. The molecule has 0 saturated heterocycles. The van der Waals surface area contributed by atoms with Crippen LogP contribution in [0.15, 0.2) is 23.6 Å². The molecule has 94 valence electrons. The van der Waals surface area contributed by atoms with Crippen molar-refractivity contribution < 1.29 is 0 Å². The number of benzene rings is 1. The maximum atomic E-state index is 5.85. The second-order valence-electron chi connectivity index (χ2n) is 4.85. The zero-order valence-electron chi connectivity index (χ0n) is 10.5. The fraction of sp³-hybridized carbons (Fsp3) is 0.357. The average Bonchev–Trinajstić information content (AvgIpc) is 2.74. The minimum Gasteiger partial charge on any atom is -0.399 e. The first-order chi connectivity index (χ1) is 8.70. The molecule has 3 nitrogen and oxygen atoms in total. The van der Waals surface area contributed by atoms with Gasteiger partial charge in [-0.3, -0.25) is 4.90 Å². The number of thiazole rings is 1. The van der Waals surface area contributed by atoms with Crippen LogP contribution in [0.1, 0.15) is 21.8 Å². The summed E-state index contributed by atoms with van der Waals surface area (Å²) in [5.41, 5.74) is 10.7. The number of anilines is 1. The van der Waals surface area contributed by atoms with Crippen molar-refractivity contribution >= 4 is 17.0 Å². The highest BCUT2D eigenvalue weighted by molar-refractivity contribution is 7.09. The fourth-order valence-corrected chi connectivity index (χ4v) is 3.08. The van der Waals surface area contributed by atoms with Crippen LogP contribution >= 0.6 is 11.3 Å². The van der Waals surface area contributed by atoms with Gasteiger partial charge in [-0.05, 0) is 36.6 Å². The van der Waals surface area contributed by atoms with E-state index in [1.54, 1.807) is 11.3 Å². The molecule has 0 fully saturated rings.